The number of ether oxygens (including phenoxy) is 3. The highest BCUT2D eigenvalue weighted by molar-refractivity contribution is 5.71. The Balaban J connectivity index is 4.69. The van der Waals surface area contributed by atoms with Crippen molar-refractivity contribution in [1.82, 2.24) is 0 Å². The predicted molar refractivity (Wildman–Crippen MR) is 278 cm³/mol. The second-order valence-corrected chi connectivity index (χ2v) is 15.7. The molecule has 0 aromatic heterocycles. The summed E-state index contributed by atoms with van der Waals surface area (Å²) in [7, 11) is 0. The van der Waals surface area contributed by atoms with E-state index in [0.29, 0.717) is 19.3 Å². The fraction of sp³-hybridized carbons (Fsp3) is 0.508. The second-order valence-electron chi connectivity index (χ2n) is 15.7. The molecule has 0 aliphatic heterocycles. The Hall–Kier alpha value is -4.97. The van der Waals surface area contributed by atoms with Crippen molar-refractivity contribution in [1.29, 1.82) is 0 Å². The summed E-state index contributed by atoms with van der Waals surface area (Å²) < 4.78 is 16.6. The molecule has 0 aliphatic carbocycles. The van der Waals surface area contributed by atoms with Crippen molar-refractivity contribution in [3.8, 4) is 0 Å². The number of allylic oxidation sites excluding steroid dienone is 26. The summed E-state index contributed by atoms with van der Waals surface area (Å²) in [6.45, 7) is 6.18. The number of carbonyl (C=O) groups excluding carboxylic acids is 3. The van der Waals surface area contributed by atoms with E-state index in [4.69, 9.17) is 14.2 Å². The lowest BCUT2D eigenvalue weighted by Gasteiger charge is -2.18. The maximum absolute atomic E-state index is 12.8. The zero-order valence-corrected chi connectivity index (χ0v) is 40.9. The van der Waals surface area contributed by atoms with E-state index in [2.05, 4.69) is 124 Å². The number of esters is 3. The summed E-state index contributed by atoms with van der Waals surface area (Å²) in [6, 6.07) is 0. The van der Waals surface area contributed by atoms with Crippen LogP contribution in [-0.2, 0) is 28.6 Å². The Bertz CT molecular complexity index is 1540. The van der Waals surface area contributed by atoms with Gasteiger partial charge in [-0.05, 0) is 103 Å². The lowest BCUT2D eigenvalue weighted by Crippen LogP contribution is -2.30. The molecule has 0 radical (unpaired) electrons. The Labute approximate surface area is 397 Å². The molecular formula is C59H88O6. The number of hydrogen-bond donors (Lipinski definition) is 0. The summed E-state index contributed by atoms with van der Waals surface area (Å²) in [6.07, 6.45) is 75.3. The number of carbonyl (C=O) groups is 3. The van der Waals surface area contributed by atoms with Gasteiger partial charge < -0.3 is 14.2 Å². The Morgan fingerprint density at radius 1 is 0.338 bits per heavy atom. The van der Waals surface area contributed by atoms with Gasteiger partial charge in [0.15, 0.2) is 6.10 Å². The zero-order chi connectivity index (χ0) is 47.2. The van der Waals surface area contributed by atoms with E-state index in [-0.39, 0.29) is 44.4 Å². The molecule has 0 amide bonds. The lowest BCUT2D eigenvalue weighted by molar-refractivity contribution is -0.166. The fourth-order valence-electron chi connectivity index (χ4n) is 5.93. The summed E-state index contributed by atoms with van der Waals surface area (Å²) in [5.74, 6) is -1.16. The smallest absolute Gasteiger partial charge is 0.306 e. The van der Waals surface area contributed by atoms with Crippen molar-refractivity contribution in [3.63, 3.8) is 0 Å². The van der Waals surface area contributed by atoms with Gasteiger partial charge >= 0.3 is 17.9 Å². The first kappa shape index (κ1) is 60.0. The average molecular weight is 893 g/mol. The first-order valence-corrected chi connectivity index (χ1v) is 25.1. The SMILES string of the molecule is CC/C=C/C=C/C=C/C=C/C=C/CCCC(=O)OCC(COC(=O)CCC/C=C/C/C=C/C/C=C/C/C=C/C/C=C/CC)OC(=O)CCC/C=C/C/C=C/C/C=C/CCCCCCCC. The third-order valence-corrected chi connectivity index (χ3v) is 9.63. The van der Waals surface area contributed by atoms with Crippen LogP contribution in [0.1, 0.15) is 175 Å². The highest BCUT2D eigenvalue weighted by atomic mass is 16.6. The van der Waals surface area contributed by atoms with Crippen molar-refractivity contribution in [2.45, 2.75) is 181 Å². The molecule has 6 nitrogen and oxygen atoms in total. The Morgan fingerprint density at radius 3 is 1.12 bits per heavy atom. The molecular weight excluding hydrogens is 805 g/mol. The van der Waals surface area contributed by atoms with E-state index < -0.39 is 12.1 Å². The van der Waals surface area contributed by atoms with Crippen molar-refractivity contribution in [2.75, 3.05) is 13.2 Å². The molecule has 0 saturated carbocycles. The third-order valence-electron chi connectivity index (χ3n) is 9.63. The molecule has 65 heavy (non-hydrogen) atoms. The van der Waals surface area contributed by atoms with Crippen LogP contribution >= 0.6 is 0 Å². The van der Waals surface area contributed by atoms with Crippen LogP contribution in [0.25, 0.3) is 0 Å². The van der Waals surface area contributed by atoms with Gasteiger partial charge in [0.2, 0.25) is 0 Å². The minimum absolute atomic E-state index is 0.158. The summed E-state index contributed by atoms with van der Waals surface area (Å²) in [5, 5.41) is 0. The van der Waals surface area contributed by atoms with E-state index in [1.54, 1.807) is 0 Å². The Kier molecular flexibility index (Phi) is 47.7. The van der Waals surface area contributed by atoms with Gasteiger partial charge in [-0.3, -0.25) is 14.4 Å². The van der Waals surface area contributed by atoms with Crippen molar-refractivity contribution in [2.24, 2.45) is 0 Å². The molecule has 0 aromatic carbocycles. The highest BCUT2D eigenvalue weighted by Crippen LogP contribution is 2.09. The van der Waals surface area contributed by atoms with Gasteiger partial charge in [-0.2, -0.15) is 0 Å². The number of unbranched alkanes of at least 4 members (excludes halogenated alkanes) is 9. The van der Waals surface area contributed by atoms with Crippen LogP contribution in [0.3, 0.4) is 0 Å². The van der Waals surface area contributed by atoms with Crippen molar-refractivity contribution in [3.05, 3.63) is 158 Å². The van der Waals surface area contributed by atoms with Gasteiger partial charge in [0.1, 0.15) is 13.2 Å². The molecule has 0 N–H and O–H groups in total. The van der Waals surface area contributed by atoms with Crippen molar-refractivity contribution < 1.29 is 28.6 Å². The van der Waals surface area contributed by atoms with Gasteiger partial charge in [0.25, 0.3) is 0 Å². The van der Waals surface area contributed by atoms with Crippen molar-refractivity contribution >= 4 is 17.9 Å². The minimum Gasteiger partial charge on any atom is -0.462 e. The van der Waals surface area contributed by atoms with Crippen LogP contribution in [0.4, 0.5) is 0 Å². The lowest BCUT2D eigenvalue weighted by atomic mass is 10.1. The van der Waals surface area contributed by atoms with E-state index in [1.807, 2.05) is 54.7 Å². The monoisotopic (exact) mass is 893 g/mol. The molecule has 0 fully saturated rings. The normalized spacial score (nSPS) is 13.5. The molecule has 0 bridgehead atoms. The van der Waals surface area contributed by atoms with E-state index in [0.717, 1.165) is 70.6 Å². The standard InChI is InChI=1S/C59H88O6/c1-4-7-10-13-16-19-22-25-27-29-31-34-37-40-43-46-49-52-58(61)64-55-56(54-63-57(60)51-48-45-42-39-36-33-24-21-18-15-12-9-6-3)65-59(62)53-50-47-44-41-38-35-32-30-28-26-23-20-17-14-11-8-5-2/h7,9-10,12,15-16,18-19,21,24-28,31-36,39-44,56H,4-6,8,11,13-14,17,20,22-23,29-30,37-38,45-55H2,1-3H3/b10-7+,12-9+,18-15+,19-16+,24-21+,27-25+,28-26+,34-31+,35-32+,36-33+,42-39+,43-40+,44-41+. The van der Waals surface area contributed by atoms with Gasteiger partial charge in [0, 0.05) is 19.3 Å². The summed E-state index contributed by atoms with van der Waals surface area (Å²) >= 11 is 0. The third kappa shape index (κ3) is 49.9. The molecule has 0 spiro atoms. The topological polar surface area (TPSA) is 78.9 Å². The number of rotatable bonds is 42. The van der Waals surface area contributed by atoms with Crippen LogP contribution in [-0.4, -0.2) is 37.2 Å². The zero-order valence-electron chi connectivity index (χ0n) is 40.9. The van der Waals surface area contributed by atoms with Gasteiger partial charge in [0.05, 0.1) is 0 Å². The molecule has 0 aliphatic rings. The van der Waals surface area contributed by atoms with Gasteiger partial charge in [-0.15, -0.1) is 0 Å². The summed E-state index contributed by atoms with van der Waals surface area (Å²) in [4.78, 5) is 37.9. The first-order chi connectivity index (χ1) is 32.0. The maximum Gasteiger partial charge on any atom is 0.306 e. The Morgan fingerprint density at radius 2 is 0.677 bits per heavy atom. The second kappa shape index (κ2) is 51.7. The molecule has 0 rings (SSSR count). The molecule has 6 heteroatoms. The van der Waals surface area contributed by atoms with E-state index in [9.17, 15) is 14.4 Å². The van der Waals surface area contributed by atoms with Crippen LogP contribution < -0.4 is 0 Å². The summed E-state index contributed by atoms with van der Waals surface area (Å²) in [5.41, 5.74) is 0. The predicted octanol–water partition coefficient (Wildman–Crippen LogP) is 16.6. The fourth-order valence-corrected chi connectivity index (χ4v) is 5.93. The van der Waals surface area contributed by atoms with E-state index >= 15 is 0 Å². The number of hydrogen-bond acceptors (Lipinski definition) is 6. The quantitative estimate of drug-likeness (QED) is 0.0200. The highest BCUT2D eigenvalue weighted by Gasteiger charge is 2.19. The van der Waals surface area contributed by atoms with Gasteiger partial charge in [-0.25, -0.2) is 0 Å². The first-order valence-electron chi connectivity index (χ1n) is 25.1. The molecule has 1 unspecified atom stereocenters. The molecule has 0 saturated heterocycles. The van der Waals surface area contributed by atoms with Crippen LogP contribution in [0, 0.1) is 0 Å². The van der Waals surface area contributed by atoms with Crippen LogP contribution in [0.15, 0.2) is 158 Å². The van der Waals surface area contributed by atoms with Crippen LogP contribution in [0.5, 0.6) is 0 Å². The molecule has 1 atom stereocenters. The average Bonchev–Trinajstić information content (AvgIpc) is 3.30. The maximum atomic E-state index is 12.8. The minimum atomic E-state index is -0.863. The van der Waals surface area contributed by atoms with E-state index in [1.165, 1.54) is 44.9 Å². The van der Waals surface area contributed by atoms with Crippen LogP contribution in [0.2, 0.25) is 0 Å². The molecule has 0 heterocycles. The molecule has 360 valence electrons. The van der Waals surface area contributed by atoms with Gasteiger partial charge in [-0.1, -0.05) is 211 Å². The largest absolute Gasteiger partial charge is 0.462 e. The molecule has 0 aromatic rings.